The van der Waals surface area contributed by atoms with Gasteiger partial charge in [-0.2, -0.15) is 0 Å². The van der Waals surface area contributed by atoms with Crippen molar-refractivity contribution in [1.82, 2.24) is 9.80 Å². The Morgan fingerprint density at radius 3 is 2.65 bits per heavy atom. The highest BCUT2D eigenvalue weighted by Crippen LogP contribution is 2.28. The van der Waals surface area contributed by atoms with Gasteiger partial charge < -0.3 is 14.9 Å². The second kappa shape index (κ2) is 4.98. The lowest BCUT2D eigenvalue weighted by molar-refractivity contribution is -0.144. The second-order valence-corrected chi connectivity index (χ2v) is 5.84. The summed E-state index contributed by atoms with van der Waals surface area (Å²) in [6, 6.07) is 4.30. The molecular formula is C14H17ClN2O3. The van der Waals surface area contributed by atoms with Crippen molar-refractivity contribution < 1.29 is 14.7 Å². The molecule has 108 valence electrons. The van der Waals surface area contributed by atoms with E-state index < -0.39 is 11.4 Å². The normalized spacial score (nSPS) is 18.3. The molecule has 1 saturated heterocycles. The average Bonchev–Trinajstić information content (AvgIpc) is 2.38. The summed E-state index contributed by atoms with van der Waals surface area (Å²) in [5.74, 6) is -0.656. The number of phenolic OH excluding ortho intramolecular Hbond substituents is 1. The molecule has 1 aliphatic rings. The number of piperazine rings is 1. The molecule has 0 atom stereocenters. The van der Waals surface area contributed by atoms with E-state index in [0.717, 1.165) is 0 Å². The monoisotopic (exact) mass is 296 g/mol. The molecule has 0 bridgehead atoms. The number of rotatable bonds is 1. The minimum Gasteiger partial charge on any atom is -0.507 e. The fraction of sp³-hybridized carbons (Fsp3) is 0.429. The van der Waals surface area contributed by atoms with Gasteiger partial charge in [-0.15, -0.1) is 0 Å². The van der Waals surface area contributed by atoms with Gasteiger partial charge in [0.2, 0.25) is 5.91 Å². The average molecular weight is 297 g/mol. The third-order valence-corrected chi connectivity index (χ3v) is 3.87. The predicted molar refractivity (Wildman–Crippen MR) is 75.9 cm³/mol. The zero-order valence-corrected chi connectivity index (χ0v) is 12.4. The number of hydrogen-bond donors (Lipinski definition) is 1. The Balaban J connectivity index is 2.38. The number of hydrogen-bond acceptors (Lipinski definition) is 3. The van der Waals surface area contributed by atoms with Gasteiger partial charge in [0.05, 0.1) is 5.56 Å². The van der Waals surface area contributed by atoms with Crippen molar-refractivity contribution >= 4 is 23.4 Å². The van der Waals surface area contributed by atoms with Crippen LogP contribution in [0.15, 0.2) is 18.2 Å². The molecule has 5 nitrogen and oxygen atoms in total. The smallest absolute Gasteiger partial charge is 0.258 e. The van der Waals surface area contributed by atoms with Crippen LogP contribution < -0.4 is 0 Å². The van der Waals surface area contributed by atoms with Crippen molar-refractivity contribution in [3.05, 3.63) is 28.8 Å². The molecule has 0 aliphatic carbocycles. The Hall–Kier alpha value is -1.75. The third-order valence-electron chi connectivity index (χ3n) is 3.64. The molecule has 2 rings (SSSR count). The Bertz CT molecular complexity index is 572. The topological polar surface area (TPSA) is 60.9 Å². The molecule has 1 N–H and O–H groups in total. The molecule has 0 radical (unpaired) electrons. The van der Waals surface area contributed by atoms with Crippen LogP contribution in [0.5, 0.6) is 5.75 Å². The van der Waals surface area contributed by atoms with E-state index in [0.29, 0.717) is 18.1 Å². The van der Waals surface area contributed by atoms with Gasteiger partial charge in [-0.25, -0.2) is 0 Å². The Kier molecular flexibility index (Phi) is 3.65. The number of aromatic hydroxyl groups is 1. The fourth-order valence-electron chi connectivity index (χ4n) is 2.39. The minimum atomic E-state index is -0.946. The van der Waals surface area contributed by atoms with Crippen molar-refractivity contribution in [2.75, 3.05) is 20.1 Å². The van der Waals surface area contributed by atoms with Crippen LogP contribution in [0, 0.1) is 0 Å². The fourth-order valence-corrected chi connectivity index (χ4v) is 2.57. The number of halogens is 1. The van der Waals surface area contributed by atoms with E-state index in [2.05, 4.69) is 0 Å². The number of nitrogens with zero attached hydrogens (tertiary/aromatic N) is 2. The van der Waals surface area contributed by atoms with E-state index in [1.54, 1.807) is 25.8 Å². The van der Waals surface area contributed by atoms with Crippen LogP contribution in [0.4, 0.5) is 0 Å². The van der Waals surface area contributed by atoms with E-state index in [1.807, 2.05) is 0 Å². The van der Waals surface area contributed by atoms with E-state index in [4.69, 9.17) is 11.6 Å². The molecular weight excluding hydrogens is 280 g/mol. The van der Waals surface area contributed by atoms with E-state index in [-0.39, 0.29) is 17.2 Å². The van der Waals surface area contributed by atoms with Crippen molar-refractivity contribution in [3.63, 3.8) is 0 Å². The Morgan fingerprint density at radius 1 is 1.35 bits per heavy atom. The van der Waals surface area contributed by atoms with Crippen LogP contribution in [0.1, 0.15) is 24.2 Å². The lowest BCUT2D eigenvalue weighted by Crippen LogP contribution is -2.63. The predicted octanol–water partition coefficient (Wildman–Crippen LogP) is 1.74. The summed E-state index contributed by atoms with van der Waals surface area (Å²) in [6.07, 6.45) is 0. The molecule has 20 heavy (non-hydrogen) atoms. The minimum absolute atomic E-state index is 0.114. The van der Waals surface area contributed by atoms with Crippen LogP contribution in [0.3, 0.4) is 0 Å². The second-order valence-electron chi connectivity index (χ2n) is 5.40. The Labute approximate surface area is 122 Å². The summed E-state index contributed by atoms with van der Waals surface area (Å²) in [5, 5.41) is 10.2. The van der Waals surface area contributed by atoms with Gasteiger partial charge in [0, 0.05) is 25.2 Å². The number of carbonyl (C=O) groups is 2. The van der Waals surface area contributed by atoms with Gasteiger partial charge in [0.15, 0.2) is 0 Å². The summed E-state index contributed by atoms with van der Waals surface area (Å²) in [5.41, 5.74) is -0.832. The molecule has 0 unspecified atom stereocenters. The number of amides is 2. The van der Waals surface area contributed by atoms with Gasteiger partial charge in [-0.3, -0.25) is 9.59 Å². The lowest BCUT2D eigenvalue weighted by atomic mass is 9.96. The molecule has 1 aliphatic heterocycles. The zero-order valence-electron chi connectivity index (χ0n) is 11.7. The van der Waals surface area contributed by atoms with Crippen LogP contribution in [-0.2, 0) is 4.79 Å². The molecule has 2 amide bonds. The summed E-state index contributed by atoms with van der Waals surface area (Å²) in [7, 11) is 1.71. The molecule has 1 heterocycles. The summed E-state index contributed by atoms with van der Waals surface area (Å²) in [6.45, 7) is 4.28. The molecule has 6 heteroatoms. The highest BCUT2D eigenvalue weighted by molar-refractivity contribution is 6.31. The van der Waals surface area contributed by atoms with E-state index in [9.17, 15) is 14.7 Å². The SMILES string of the molecule is CN1CCN(C(=O)c2cc(Cl)ccc2O)C(C)(C)C1=O. The summed E-state index contributed by atoms with van der Waals surface area (Å²) >= 11 is 5.87. The molecule has 1 aromatic carbocycles. The molecule has 0 aromatic heterocycles. The molecule has 1 fully saturated rings. The van der Waals surface area contributed by atoms with Crippen molar-refractivity contribution in [3.8, 4) is 5.75 Å². The first-order valence-corrected chi connectivity index (χ1v) is 6.69. The largest absolute Gasteiger partial charge is 0.507 e. The van der Waals surface area contributed by atoms with E-state index in [1.165, 1.54) is 23.1 Å². The maximum atomic E-state index is 12.6. The first kappa shape index (κ1) is 14.7. The van der Waals surface area contributed by atoms with Gasteiger partial charge in [-0.05, 0) is 32.0 Å². The van der Waals surface area contributed by atoms with Crippen LogP contribution in [0.25, 0.3) is 0 Å². The van der Waals surface area contributed by atoms with Gasteiger partial charge >= 0.3 is 0 Å². The van der Waals surface area contributed by atoms with Crippen molar-refractivity contribution in [2.24, 2.45) is 0 Å². The maximum absolute atomic E-state index is 12.6. The lowest BCUT2D eigenvalue weighted by Gasteiger charge is -2.44. The van der Waals surface area contributed by atoms with E-state index >= 15 is 0 Å². The first-order valence-electron chi connectivity index (χ1n) is 6.31. The first-order chi connectivity index (χ1) is 9.25. The summed E-state index contributed by atoms with van der Waals surface area (Å²) < 4.78 is 0. The van der Waals surface area contributed by atoms with Crippen molar-refractivity contribution in [1.29, 1.82) is 0 Å². The Morgan fingerprint density at radius 2 is 2.00 bits per heavy atom. The number of phenols is 1. The third kappa shape index (κ3) is 2.33. The van der Waals surface area contributed by atoms with Gasteiger partial charge in [-0.1, -0.05) is 11.6 Å². The van der Waals surface area contributed by atoms with Gasteiger partial charge in [0.1, 0.15) is 11.3 Å². The number of likely N-dealkylation sites (N-methyl/N-ethyl adjacent to an activating group) is 1. The van der Waals surface area contributed by atoms with Crippen LogP contribution in [-0.4, -0.2) is 52.4 Å². The maximum Gasteiger partial charge on any atom is 0.258 e. The standard InChI is InChI=1S/C14H17ClN2O3/c1-14(2)13(20)16(3)6-7-17(14)12(19)10-8-9(15)4-5-11(10)18/h4-5,8,18H,6-7H2,1-3H3. The molecule has 0 spiro atoms. The molecule has 1 aromatic rings. The van der Waals surface area contributed by atoms with Crippen molar-refractivity contribution in [2.45, 2.75) is 19.4 Å². The number of benzene rings is 1. The summed E-state index contributed by atoms with van der Waals surface area (Å²) in [4.78, 5) is 27.8. The molecule has 0 saturated carbocycles. The van der Waals surface area contributed by atoms with Gasteiger partial charge in [0.25, 0.3) is 5.91 Å². The quantitative estimate of drug-likeness (QED) is 0.859. The number of carbonyl (C=O) groups excluding carboxylic acids is 2. The van der Waals surface area contributed by atoms with Crippen LogP contribution in [0.2, 0.25) is 5.02 Å². The zero-order chi connectivity index (χ0) is 15.1. The highest BCUT2D eigenvalue weighted by atomic mass is 35.5. The van der Waals surface area contributed by atoms with Crippen LogP contribution >= 0.6 is 11.6 Å². The highest BCUT2D eigenvalue weighted by Gasteiger charge is 2.43.